The third kappa shape index (κ3) is 3.56. The van der Waals surface area contributed by atoms with Crippen molar-refractivity contribution in [2.24, 2.45) is 0 Å². The number of benzene rings is 2. The Balaban J connectivity index is 1.69. The van der Waals surface area contributed by atoms with Gasteiger partial charge >= 0.3 is 5.97 Å². The van der Waals surface area contributed by atoms with Crippen molar-refractivity contribution in [1.29, 1.82) is 0 Å². The molecule has 0 saturated carbocycles. The van der Waals surface area contributed by atoms with Crippen LogP contribution in [0.15, 0.2) is 66.1 Å². The van der Waals surface area contributed by atoms with E-state index in [0.717, 1.165) is 5.56 Å². The number of carbonyl (C=O) groups is 1. The highest BCUT2D eigenvalue weighted by molar-refractivity contribution is 5.86. The molecule has 1 heterocycles. The second-order valence-corrected chi connectivity index (χ2v) is 5.17. The van der Waals surface area contributed by atoms with Crippen LogP contribution in [-0.2, 0) is 16.1 Å². The lowest BCUT2D eigenvalue weighted by atomic mass is 10.2. The average molecular weight is 328 g/mol. The van der Waals surface area contributed by atoms with Gasteiger partial charge in [0, 0.05) is 0 Å². The summed E-state index contributed by atoms with van der Waals surface area (Å²) < 4.78 is 16.3. The zero-order valence-electron chi connectivity index (χ0n) is 12.7. The number of aliphatic carboxylic acids is 1. The summed E-state index contributed by atoms with van der Waals surface area (Å²) in [6.07, 6.45) is -1.26. The van der Waals surface area contributed by atoms with E-state index < -0.39 is 17.8 Å². The Bertz CT molecular complexity index is 753. The van der Waals surface area contributed by atoms with Crippen LogP contribution in [0.1, 0.15) is 5.56 Å². The Morgan fingerprint density at radius 2 is 1.62 bits per heavy atom. The lowest BCUT2D eigenvalue weighted by Gasteiger charge is -2.24. The number of ether oxygens (including phenoxy) is 3. The summed E-state index contributed by atoms with van der Waals surface area (Å²) in [6.45, 7) is 0.178. The fourth-order valence-corrected chi connectivity index (χ4v) is 2.25. The van der Waals surface area contributed by atoms with Gasteiger partial charge in [0.15, 0.2) is 17.3 Å². The molecule has 0 radical (unpaired) electrons. The maximum absolute atomic E-state index is 11.4. The van der Waals surface area contributed by atoms with Crippen LogP contribution in [0.25, 0.3) is 0 Å². The van der Waals surface area contributed by atoms with Crippen LogP contribution in [0.3, 0.4) is 0 Å². The third-order valence-corrected chi connectivity index (χ3v) is 3.39. The topological polar surface area (TPSA) is 85.2 Å². The summed E-state index contributed by atoms with van der Waals surface area (Å²) in [4.78, 5) is 11.4. The maximum Gasteiger partial charge on any atom is 0.375 e. The fraction of sp³-hybridized carbons (Fsp3) is 0.167. The molecule has 2 aromatic rings. The van der Waals surface area contributed by atoms with Crippen molar-refractivity contribution in [3.63, 3.8) is 0 Å². The summed E-state index contributed by atoms with van der Waals surface area (Å²) >= 11 is 0. The highest BCUT2D eigenvalue weighted by Gasteiger charge is 2.31. The van der Waals surface area contributed by atoms with Gasteiger partial charge in [-0.3, -0.25) is 0 Å². The van der Waals surface area contributed by atoms with Crippen molar-refractivity contribution in [3.8, 4) is 11.5 Å². The molecular weight excluding hydrogens is 312 g/mol. The lowest BCUT2D eigenvalue weighted by molar-refractivity contribution is -0.135. The summed E-state index contributed by atoms with van der Waals surface area (Å²) in [5.41, 5.74) is 0.947. The number of hydrogen-bond donors (Lipinski definition) is 2. The molecule has 1 aliphatic heterocycles. The van der Waals surface area contributed by atoms with Crippen molar-refractivity contribution in [1.82, 2.24) is 0 Å². The molecule has 1 unspecified atom stereocenters. The Labute approximate surface area is 138 Å². The van der Waals surface area contributed by atoms with Gasteiger partial charge in [-0.05, 0) is 17.7 Å². The first-order chi connectivity index (χ1) is 11.6. The van der Waals surface area contributed by atoms with Crippen molar-refractivity contribution in [3.05, 3.63) is 71.7 Å². The largest absolute Gasteiger partial charge is 0.475 e. The van der Waals surface area contributed by atoms with Crippen LogP contribution in [-0.4, -0.2) is 28.9 Å². The van der Waals surface area contributed by atoms with Gasteiger partial charge < -0.3 is 24.4 Å². The van der Waals surface area contributed by atoms with Gasteiger partial charge in [0.05, 0.1) is 13.2 Å². The molecular formula is C18H16O6. The monoisotopic (exact) mass is 328 g/mol. The van der Waals surface area contributed by atoms with Crippen molar-refractivity contribution in [2.75, 3.05) is 6.61 Å². The summed E-state index contributed by atoms with van der Waals surface area (Å²) in [5, 5.41) is 19.5. The van der Waals surface area contributed by atoms with Gasteiger partial charge in [-0.1, -0.05) is 42.5 Å². The molecule has 2 aromatic carbocycles. The van der Waals surface area contributed by atoms with E-state index in [1.165, 1.54) is 0 Å². The van der Waals surface area contributed by atoms with Crippen LogP contribution in [0.4, 0.5) is 0 Å². The second kappa shape index (κ2) is 7.16. The SMILES string of the molecule is O=C(O)C1=C(C(O)COCc2ccccc2)Oc2ccccc2O1. The van der Waals surface area contributed by atoms with Crippen LogP contribution < -0.4 is 9.47 Å². The van der Waals surface area contributed by atoms with E-state index >= 15 is 0 Å². The first-order valence-corrected chi connectivity index (χ1v) is 7.37. The highest BCUT2D eigenvalue weighted by atomic mass is 16.6. The fourth-order valence-electron chi connectivity index (χ4n) is 2.25. The summed E-state index contributed by atoms with van der Waals surface area (Å²) in [7, 11) is 0. The molecule has 6 heteroatoms. The summed E-state index contributed by atoms with van der Waals surface area (Å²) in [5.74, 6) is -1.30. The average Bonchev–Trinajstić information content (AvgIpc) is 2.61. The first-order valence-electron chi connectivity index (χ1n) is 7.37. The minimum atomic E-state index is -1.32. The van der Waals surface area contributed by atoms with Gasteiger partial charge in [0.25, 0.3) is 5.76 Å². The molecule has 0 saturated heterocycles. The zero-order chi connectivity index (χ0) is 16.9. The van der Waals surface area contributed by atoms with Gasteiger partial charge in [0.2, 0.25) is 0 Å². The maximum atomic E-state index is 11.4. The van der Waals surface area contributed by atoms with E-state index in [-0.39, 0.29) is 18.1 Å². The van der Waals surface area contributed by atoms with Gasteiger partial charge in [0.1, 0.15) is 6.10 Å². The zero-order valence-corrected chi connectivity index (χ0v) is 12.7. The number of aliphatic hydroxyl groups excluding tert-OH is 1. The van der Waals surface area contributed by atoms with E-state index in [1.807, 2.05) is 30.3 Å². The standard InChI is InChI=1S/C18H16O6/c19-13(11-22-10-12-6-2-1-3-7-12)16-17(18(20)21)24-15-9-5-4-8-14(15)23-16/h1-9,13,19H,10-11H2,(H,20,21). The first kappa shape index (κ1) is 16.0. The Morgan fingerprint density at radius 1 is 1.00 bits per heavy atom. The molecule has 124 valence electrons. The number of para-hydroxylation sites is 2. The lowest BCUT2D eigenvalue weighted by Crippen LogP contribution is -2.29. The van der Waals surface area contributed by atoms with Gasteiger partial charge in [-0.25, -0.2) is 4.79 Å². The molecule has 1 atom stereocenters. The number of carboxylic acid groups (broad SMARTS) is 1. The minimum Gasteiger partial charge on any atom is -0.475 e. The summed E-state index contributed by atoms with van der Waals surface area (Å²) in [6, 6.07) is 16.1. The Kier molecular flexibility index (Phi) is 4.79. The van der Waals surface area contributed by atoms with Crippen molar-refractivity contribution < 1.29 is 29.2 Å². The third-order valence-electron chi connectivity index (χ3n) is 3.39. The molecule has 24 heavy (non-hydrogen) atoms. The highest BCUT2D eigenvalue weighted by Crippen LogP contribution is 2.35. The number of aliphatic hydroxyl groups is 1. The predicted octanol–water partition coefficient (Wildman–Crippen LogP) is 2.33. The molecule has 0 amide bonds. The Morgan fingerprint density at radius 3 is 2.29 bits per heavy atom. The predicted molar refractivity (Wildman–Crippen MR) is 84.5 cm³/mol. The molecule has 1 aliphatic rings. The van der Waals surface area contributed by atoms with Crippen LogP contribution in [0.2, 0.25) is 0 Å². The molecule has 3 rings (SSSR count). The van der Waals surface area contributed by atoms with Crippen molar-refractivity contribution in [2.45, 2.75) is 12.7 Å². The van der Waals surface area contributed by atoms with E-state index in [9.17, 15) is 15.0 Å². The van der Waals surface area contributed by atoms with Gasteiger partial charge in [-0.15, -0.1) is 0 Å². The smallest absolute Gasteiger partial charge is 0.375 e. The molecule has 0 fully saturated rings. The number of carboxylic acids is 1. The Hall–Kier alpha value is -2.83. The minimum absolute atomic E-state index is 0.119. The second-order valence-electron chi connectivity index (χ2n) is 5.17. The number of rotatable bonds is 6. The molecule has 0 spiro atoms. The molecule has 0 aromatic heterocycles. The molecule has 6 nitrogen and oxygen atoms in total. The van der Waals surface area contributed by atoms with E-state index in [0.29, 0.717) is 12.4 Å². The molecule has 2 N–H and O–H groups in total. The quantitative estimate of drug-likeness (QED) is 0.846. The van der Waals surface area contributed by atoms with Crippen molar-refractivity contribution >= 4 is 5.97 Å². The molecule has 0 aliphatic carbocycles. The van der Waals surface area contributed by atoms with E-state index in [4.69, 9.17) is 14.2 Å². The van der Waals surface area contributed by atoms with Gasteiger partial charge in [-0.2, -0.15) is 0 Å². The van der Waals surface area contributed by atoms with Crippen LogP contribution >= 0.6 is 0 Å². The number of fused-ring (bicyclic) bond motifs is 1. The van der Waals surface area contributed by atoms with Crippen LogP contribution in [0, 0.1) is 0 Å². The van der Waals surface area contributed by atoms with E-state index in [2.05, 4.69) is 0 Å². The normalized spacial score (nSPS) is 14.4. The number of hydrogen-bond acceptors (Lipinski definition) is 5. The molecule has 0 bridgehead atoms. The van der Waals surface area contributed by atoms with Crippen LogP contribution in [0.5, 0.6) is 11.5 Å². The van der Waals surface area contributed by atoms with E-state index in [1.54, 1.807) is 24.3 Å².